The van der Waals surface area contributed by atoms with Crippen molar-refractivity contribution in [2.75, 3.05) is 0 Å². The van der Waals surface area contributed by atoms with E-state index in [1.165, 1.54) is 30.6 Å². The first-order valence-corrected chi connectivity index (χ1v) is 5.64. The van der Waals surface area contributed by atoms with Gasteiger partial charge in [0.1, 0.15) is 5.84 Å². The number of amidine groups is 1. The molecule has 0 atom stereocenters. The number of ether oxygens (including phenoxy) is 1. The Kier molecular flexibility index (Phi) is 3.76. The Morgan fingerprint density at radius 1 is 1.40 bits per heavy atom. The van der Waals surface area contributed by atoms with E-state index < -0.39 is 4.92 Å². The van der Waals surface area contributed by atoms with Gasteiger partial charge in [0.05, 0.1) is 4.92 Å². The fourth-order valence-corrected chi connectivity index (χ4v) is 1.57. The van der Waals surface area contributed by atoms with Crippen LogP contribution in [-0.4, -0.2) is 20.7 Å². The fraction of sp³-hybridized carbons (Fsp3) is 0. The molecule has 0 aliphatic rings. The highest BCUT2D eigenvalue weighted by Gasteiger charge is 2.19. The van der Waals surface area contributed by atoms with Gasteiger partial charge in [-0.15, -0.1) is 0 Å². The van der Waals surface area contributed by atoms with Crippen molar-refractivity contribution in [3.8, 4) is 11.6 Å². The van der Waals surface area contributed by atoms with Crippen LogP contribution in [0.25, 0.3) is 0 Å². The summed E-state index contributed by atoms with van der Waals surface area (Å²) in [5.74, 6) is -0.575. The lowest BCUT2D eigenvalue weighted by Crippen LogP contribution is -2.15. The highest BCUT2D eigenvalue weighted by Crippen LogP contribution is 2.33. The molecule has 0 saturated heterocycles. The van der Waals surface area contributed by atoms with Crippen molar-refractivity contribution in [3.05, 3.63) is 51.4 Å². The molecule has 20 heavy (non-hydrogen) atoms. The van der Waals surface area contributed by atoms with E-state index in [9.17, 15) is 10.1 Å². The summed E-state index contributed by atoms with van der Waals surface area (Å²) in [6.07, 6.45) is 2.65. The Morgan fingerprint density at radius 3 is 2.75 bits per heavy atom. The highest BCUT2D eigenvalue weighted by molar-refractivity contribution is 6.30. The Morgan fingerprint density at radius 2 is 2.10 bits per heavy atom. The van der Waals surface area contributed by atoms with Crippen LogP contribution >= 0.6 is 11.6 Å². The van der Waals surface area contributed by atoms with E-state index >= 15 is 0 Å². The lowest BCUT2D eigenvalue weighted by atomic mass is 10.3. The topological polar surface area (TPSA) is 128 Å². The molecule has 0 radical (unpaired) electrons. The molecule has 3 N–H and O–H groups in total. The second-order valence-corrected chi connectivity index (χ2v) is 4.03. The van der Waals surface area contributed by atoms with Crippen molar-refractivity contribution in [1.82, 2.24) is 9.97 Å². The molecule has 0 unspecified atom stereocenters. The summed E-state index contributed by atoms with van der Waals surface area (Å²) in [5.41, 5.74) is 5.04. The molecule has 1 aromatic carbocycles. The first-order chi connectivity index (χ1) is 9.49. The van der Waals surface area contributed by atoms with Crippen LogP contribution in [0.4, 0.5) is 5.69 Å². The van der Waals surface area contributed by atoms with Gasteiger partial charge in [-0.2, -0.15) is 0 Å². The van der Waals surface area contributed by atoms with Gasteiger partial charge in [0.25, 0.3) is 0 Å². The molecule has 0 spiro atoms. The summed E-state index contributed by atoms with van der Waals surface area (Å²) in [6, 6.07) is 3.86. The van der Waals surface area contributed by atoms with Gasteiger partial charge in [-0.1, -0.05) is 11.6 Å². The van der Waals surface area contributed by atoms with Gasteiger partial charge in [-0.3, -0.25) is 15.5 Å². The number of nitrogen functional groups attached to an aromatic ring is 1. The summed E-state index contributed by atoms with van der Waals surface area (Å²) >= 11 is 5.78. The minimum atomic E-state index is -0.616. The lowest BCUT2D eigenvalue weighted by Gasteiger charge is -2.08. The molecule has 0 bridgehead atoms. The number of rotatable bonds is 4. The first kappa shape index (κ1) is 13.7. The average molecular weight is 294 g/mol. The van der Waals surface area contributed by atoms with Crippen LogP contribution in [0, 0.1) is 15.5 Å². The quantitative estimate of drug-likeness (QED) is 0.384. The summed E-state index contributed by atoms with van der Waals surface area (Å²) in [5, 5.41) is 18.5. The molecule has 1 heterocycles. The van der Waals surface area contributed by atoms with Crippen LogP contribution in [0.1, 0.15) is 5.69 Å². The molecule has 102 valence electrons. The number of aromatic nitrogens is 2. The Labute approximate surface area is 117 Å². The Bertz CT molecular complexity index is 692. The number of hydrogen-bond acceptors (Lipinski definition) is 6. The minimum Gasteiger partial charge on any atom is -0.429 e. The van der Waals surface area contributed by atoms with Crippen LogP contribution in [-0.2, 0) is 0 Å². The zero-order valence-corrected chi connectivity index (χ0v) is 10.7. The van der Waals surface area contributed by atoms with Crippen molar-refractivity contribution in [2.24, 2.45) is 5.73 Å². The van der Waals surface area contributed by atoms with Crippen molar-refractivity contribution in [2.45, 2.75) is 0 Å². The fourth-order valence-electron chi connectivity index (χ4n) is 1.41. The van der Waals surface area contributed by atoms with Gasteiger partial charge in [0.2, 0.25) is 11.6 Å². The van der Waals surface area contributed by atoms with Crippen molar-refractivity contribution in [3.63, 3.8) is 0 Å². The lowest BCUT2D eigenvalue weighted by molar-refractivity contribution is -0.385. The van der Waals surface area contributed by atoms with Crippen LogP contribution in [0.15, 0.2) is 30.6 Å². The maximum atomic E-state index is 10.9. The molecule has 2 rings (SSSR count). The van der Waals surface area contributed by atoms with Gasteiger partial charge in [0.15, 0.2) is 5.69 Å². The molecular formula is C11H8ClN5O3. The second kappa shape index (κ2) is 5.49. The third kappa shape index (κ3) is 2.81. The zero-order valence-electron chi connectivity index (χ0n) is 9.91. The molecule has 0 aliphatic heterocycles. The van der Waals surface area contributed by atoms with E-state index in [4.69, 9.17) is 27.5 Å². The average Bonchev–Trinajstić information content (AvgIpc) is 2.38. The zero-order chi connectivity index (χ0) is 14.7. The predicted octanol–water partition coefficient (Wildman–Crippen LogP) is 2.11. The molecule has 1 aromatic heterocycles. The van der Waals surface area contributed by atoms with Crippen LogP contribution in [0.5, 0.6) is 11.6 Å². The normalized spacial score (nSPS) is 10.1. The number of halogens is 1. The van der Waals surface area contributed by atoms with Gasteiger partial charge >= 0.3 is 5.69 Å². The maximum absolute atomic E-state index is 10.9. The van der Waals surface area contributed by atoms with E-state index in [2.05, 4.69) is 9.97 Å². The van der Waals surface area contributed by atoms with E-state index in [1.807, 2.05) is 0 Å². The van der Waals surface area contributed by atoms with E-state index in [0.29, 0.717) is 0 Å². The number of benzene rings is 1. The van der Waals surface area contributed by atoms with Gasteiger partial charge in [-0.05, 0) is 6.07 Å². The number of hydrogen-bond donors (Lipinski definition) is 2. The molecular weight excluding hydrogens is 286 g/mol. The molecule has 9 heteroatoms. The number of nitrogens with two attached hydrogens (primary N) is 1. The van der Waals surface area contributed by atoms with Crippen LogP contribution in [0.2, 0.25) is 5.02 Å². The summed E-state index contributed by atoms with van der Waals surface area (Å²) in [4.78, 5) is 18.0. The van der Waals surface area contributed by atoms with Crippen molar-refractivity contribution < 1.29 is 9.66 Å². The van der Waals surface area contributed by atoms with E-state index in [1.54, 1.807) is 0 Å². The summed E-state index contributed by atoms with van der Waals surface area (Å²) in [7, 11) is 0. The van der Waals surface area contributed by atoms with Crippen molar-refractivity contribution >= 4 is 23.1 Å². The van der Waals surface area contributed by atoms with Crippen molar-refractivity contribution in [1.29, 1.82) is 5.41 Å². The Hall–Kier alpha value is -2.74. The SMILES string of the molecule is N=C(N)c1nccnc1Oc1cc(Cl)ccc1[N+](=O)[O-]. The largest absolute Gasteiger partial charge is 0.429 e. The minimum absolute atomic E-state index is 0.0122. The number of nitro groups is 1. The van der Waals surface area contributed by atoms with E-state index in [-0.39, 0.29) is 33.9 Å². The third-order valence-corrected chi connectivity index (χ3v) is 2.48. The molecule has 0 amide bonds. The number of nitrogens with one attached hydrogen (secondary N) is 1. The molecule has 0 fully saturated rings. The molecule has 2 aromatic rings. The van der Waals surface area contributed by atoms with Gasteiger partial charge in [-0.25, -0.2) is 9.97 Å². The number of nitrogens with zero attached hydrogens (tertiary/aromatic N) is 3. The molecule has 0 aliphatic carbocycles. The monoisotopic (exact) mass is 293 g/mol. The van der Waals surface area contributed by atoms with E-state index in [0.717, 1.165) is 0 Å². The van der Waals surface area contributed by atoms with Gasteiger partial charge in [0, 0.05) is 29.5 Å². The molecule has 8 nitrogen and oxygen atoms in total. The first-order valence-electron chi connectivity index (χ1n) is 5.26. The van der Waals surface area contributed by atoms with Crippen LogP contribution < -0.4 is 10.5 Å². The van der Waals surface area contributed by atoms with Crippen LogP contribution in [0.3, 0.4) is 0 Å². The van der Waals surface area contributed by atoms with Gasteiger partial charge < -0.3 is 10.5 Å². The smallest absolute Gasteiger partial charge is 0.311 e. The standard InChI is InChI=1S/C11H8ClN5O3/c12-6-1-2-7(17(18)19)8(5-6)20-11-9(10(13)14)15-3-4-16-11/h1-5H,(H3,13,14). The summed E-state index contributed by atoms with van der Waals surface area (Å²) in [6.45, 7) is 0. The number of nitro benzene ring substituents is 1. The maximum Gasteiger partial charge on any atom is 0.311 e. The summed E-state index contributed by atoms with van der Waals surface area (Å²) < 4.78 is 5.32. The second-order valence-electron chi connectivity index (χ2n) is 3.59. The third-order valence-electron chi connectivity index (χ3n) is 2.24. The molecule has 0 saturated carbocycles. The highest BCUT2D eigenvalue weighted by atomic mass is 35.5. The Balaban J connectivity index is 2.47. The predicted molar refractivity (Wildman–Crippen MR) is 71.2 cm³/mol.